The quantitative estimate of drug-likeness (QED) is 0.313. The average molecular weight is 517 g/mol. The molecule has 0 aliphatic carbocycles. The molecule has 2 aromatic heterocycles. The molecule has 9 heteroatoms. The second kappa shape index (κ2) is 9.82. The zero-order chi connectivity index (χ0) is 24.6. The molecule has 4 aromatic rings. The summed E-state index contributed by atoms with van der Waals surface area (Å²) < 4.78 is 3.65. The van der Waals surface area contributed by atoms with Gasteiger partial charge in [0.2, 0.25) is 0 Å². The Morgan fingerprint density at radius 1 is 0.824 bits per heavy atom. The number of carbonyl (C=O) groups excluding carboxylic acids is 1. The van der Waals surface area contributed by atoms with Crippen LogP contribution in [-0.4, -0.2) is 25.5 Å². The van der Waals surface area contributed by atoms with E-state index in [0.29, 0.717) is 45.1 Å². The molecule has 4 rings (SSSR count). The minimum absolute atomic E-state index is 0.206. The lowest BCUT2D eigenvalue weighted by Gasteiger charge is -2.10. The molecule has 1 N–H and O–H groups in total. The zero-order valence-corrected chi connectivity index (χ0v) is 21.6. The molecule has 0 radical (unpaired) electrons. The van der Waals surface area contributed by atoms with Crippen LogP contribution in [0.1, 0.15) is 44.3 Å². The second-order valence-corrected chi connectivity index (χ2v) is 9.39. The molecule has 0 aliphatic rings. The lowest BCUT2D eigenvalue weighted by molar-refractivity contribution is 0.102. The third-order valence-corrected chi connectivity index (χ3v) is 7.09. The maximum Gasteiger partial charge on any atom is 0.255 e. The maximum absolute atomic E-state index is 12.9. The van der Waals surface area contributed by atoms with Crippen molar-refractivity contribution in [3.8, 4) is 0 Å². The standard InChI is InChI=1S/C25H24Cl3N5O/c1-14-23(28)16(3)32(30-14)12-18-8-10-19(11-9-18)25(34)29-24-15(2)31-33(17(24)4)13-20-21(26)6-5-7-22(20)27/h5-11H,12-13H2,1-4H3,(H,29,34). The Bertz CT molecular complexity index is 1350. The van der Waals surface area contributed by atoms with E-state index in [4.69, 9.17) is 34.8 Å². The largest absolute Gasteiger partial charge is 0.319 e. The fourth-order valence-corrected chi connectivity index (χ4v) is 4.47. The van der Waals surface area contributed by atoms with Gasteiger partial charge in [-0.3, -0.25) is 14.2 Å². The van der Waals surface area contributed by atoms with Gasteiger partial charge in [-0.25, -0.2) is 0 Å². The molecule has 0 bridgehead atoms. The zero-order valence-electron chi connectivity index (χ0n) is 19.3. The van der Waals surface area contributed by atoms with Crippen molar-refractivity contribution < 1.29 is 4.79 Å². The van der Waals surface area contributed by atoms with Crippen molar-refractivity contribution in [2.45, 2.75) is 40.8 Å². The lowest BCUT2D eigenvalue weighted by atomic mass is 10.1. The number of aryl methyl sites for hydroxylation is 2. The van der Waals surface area contributed by atoms with E-state index in [0.717, 1.165) is 28.2 Å². The van der Waals surface area contributed by atoms with E-state index in [1.807, 2.05) is 44.5 Å². The predicted octanol–water partition coefficient (Wildman–Crippen LogP) is 6.62. The van der Waals surface area contributed by atoms with E-state index in [2.05, 4.69) is 15.5 Å². The topological polar surface area (TPSA) is 64.7 Å². The lowest BCUT2D eigenvalue weighted by Crippen LogP contribution is -2.14. The number of halogens is 3. The number of hydrogen-bond donors (Lipinski definition) is 1. The number of carbonyl (C=O) groups is 1. The fraction of sp³-hybridized carbons (Fsp3) is 0.240. The Kier molecular flexibility index (Phi) is 7.03. The number of rotatable bonds is 6. The molecule has 34 heavy (non-hydrogen) atoms. The Hall–Kier alpha value is -2.80. The van der Waals surface area contributed by atoms with Crippen LogP contribution in [0.3, 0.4) is 0 Å². The Labute approximate surface area is 213 Å². The molecule has 6 nitrogen and oxygen atoms in total. The van der Waals surface area contributed by atoms with Crippen LogP contribution >= 0.6 is 34.8 Å². The number of benzene rings is 2. The van der Waals surface area contributed by atoms with E-state index in [9.17, 15) is 4.79 Å². The minimum atomic E-state index is -0.206. The molecular formula is C25H24Cl3N5O. The highest BCUT2D eigenvalue weighted by Crippen LogP contribution is 2.28. The Balaban J connectivity index is 1.49. The molecule has 0 aliphatic heterocycles. The number of anilines is 1. The third-order valence-electron chi connectivity index (χ3n) is 5.83. The summed E-state index contributed by atoms with van der Waals surface area (Å²) in [6.07, 6.45) is 0. The van der Waals surface area contributed by atoms with Crippen molar-refractivity contribution >= 4 is 46.4 Å². The van der Waals surface area contributed by atoms with Gasteiger partial charge in [0.05, 0.1) is 46.6 Å². The number of aromatic nitrogens is 4. The number of nitrogens with zero attached hydrogens (tertiary/aromatic N) is 4. The van der Waals surface area contributed by atoms with Crippen LogP contribution < -0.4 is 5.32 Å². The van der Waals surface area contributed by atoms with Crippen molar-refractivity contribution in [3.63, 3.8) is 0 Å². The first-order valence-electron chi connectivity index (χ1n) is 10.7. The fourth-order valence-electron chi connectivity index (χ4n) is 3.81. The molecule has 2 aromatic carbocycles. The molecule has 0 saturated carbocycles. The van der Waals surface area contributed by atoms with E-state index < -0.39 is 0 Å². The van der Waals surface area contributed by atoms with Crippen LogP contribution in [0, 0.1) is 27.7 Å². The summed E-state index contributed by atoms with van der Waals surface area (Å²) in [5.74, 6) is -0.206. The van der Waals surface area contributed by atoms with Crippen molar-refractivity contribution in [2.75, 3.05) is 5.32 Å². The van der Waals surface area contributed by atoms with Crippen LogP contribution in [0.15, 0.2) is 42.5 Å². The van der Waals surface area contributed by atoms with Crippen LogP contribution in [0.5, 0.6) is 0 Å². The molecule has 0 saturated heterocycles. The first kappa shape index (κ1) is 24.3. The summed E-state index contributed by atoms with van der Waals surface area (Å²) in [4.78, 5) is 12.9. The van der Waals surface area contributed by atoms with Gasteiger partial charge in [0, 0.05) is 21.2 Å². The molecule has 0 unspecified atom stereocenters. The molecular weight excluding hydrogens is 493 g/mol. The summed E-state index contributed by atoms with van der Waals surface area (Å²) in [7, 11) is 0. The van der Waals surface area contributed by atoms with Gasteiger partial charge in [-0.05, 0) is 57.5 Å². The van der Waals surface area contributed by atoms with Crippen LogP contribution in [0.4, 0.5) is 5.69 Å². The molecule has 0 atom stereocenters. The molecule has 0 fully saturated rings. The monoisotopic (exact) mass is 515 g/mol. The van der Waals surface area contributed by atoms with Crippen molar-refractivity contribution in [3.05, 3.63) is 97.0 Å². The van der Waals surface area contributed by atoms with Crippen molar-refractivity contribution in [1.82, 2.24) is 19.6 Å². The van der Waals surface area contributed by atoms with E-state index in [1.165, 1.54) is 0 Å². The SMILES string of the molecule is Cc1nn(Cc2ccc(C(=O)Nc3c(C)nn(Cc4c(Cl)cccc4Cl)c3C)cc2)c(C)c1Cl. The van der Waals surface area contributed by atoms with Gasteiger partial charge in [0.25, 0.3) is 5.91 Å². The second-order valence-electron chi connectivity index (χ2n) is 8.20. The minimum Gasteiger partial charge on any atom is -0.319 e. The smallest absolute Gasteiger partial charge is 0.255 e. The van der Waals surface area contributed by atoms with Gasteiger partial charge in [0.1, 0.15) is 0 Å². The summed E-state index contributed by atoms with van der Waals surface area (Å²) >= 11 is 18.9. The summed E-state index contributed by atoms with van der Waals surface area (Å²) in [6.45, 7) is 8.57. The number of amides is 1. The van der Waals surface area contributed by atoms with Gasteiger partial charge in [-0.15, -0.1) is 0 Å². The van der Waals surface area contributed by atoms with Gasteiger partial charge < -0.3 is 5.32 Å². The van der Waals surface area contributed by atoms with Gasteiger partial charge in [0.15, 0.2) is 0 Å². The average Bonchev–Trinajstić information content (AvgIpc) is 3.20. The van der Waals surface area contributed by atoms with Crippen molar-refractivity contribution in [1.29, 1.82) is 0 Å². The molecule has 2 heterocycles. The third kappa shape index (κ3) is 4.85. The first-order chi connectivity index (χ1) is 16.2. The number of nitrogens with one attached hydrogen (secondary N) is 1. The maximum atomic E-state index is 12.9. The molecule has 176 valence electrons. The predicted molar refractivity (Wildman–Crippen MR) is 137 cm³/mol. The molecule has 1 amide bonds. The van der Waals surface area contributed by atoms with E-state index >= 15 is 0 Å². The first-order valence-corrected chi connectivity index (χ1v) is 11.9. The highest BCUT2D eigenvalue weighted by molar-refractivity contribution is 6.36. The van der Waals surface area contributed by atoms with Gasteiger partial charge in [-0.1, -0.05) is 53.0 Å². The highest BCUT2D eigenvalue weighted by Gasteiger charge is 2.17. The Morgan fingerprint density at radius 3 is 2.00 bits per heavy atom. The van der Waals surface area contributed by atoms with E-state index in [1.54, 1.807) is 35.0 Å². The van der Waals surface area contributed by atoms with Crippen LogP contribution in [0.2, 0.25) is 15.1 Å². The summed E-state index contributed by atoms with van der Waals surface area (Å²) in [6, 6.07) is 12.8. The highest BCUT2D eigenvalue weighted by atomic mass is 35.5. The van der Waals surface area contributed by atoms with Gasteiger partial charge in [-0.2, -0.15) is 10.2 Å². The summed E-state index contributed by atoms with van der Waals surface area (Å²) in [5, 5.41) is 13.9. The summed E-state index contributed by atoms with van der Waals surface area (Å²) in [5.41, 5.74) is 6.29. The number of hydrogen-bond acceptors (Lipinski definition) is 3. The van der Waals surface area contributed by atoms with E-state index in [-0.39, 0.29) is 5.91 Å². The van der Waals surface area contributed by atoms with Crippen LogP contribution in [-0.2, 0) is 13.1 Å². The van der Waals surface area contributed by atoms with Crippen molar-refractivity contribution in [2.24, 2.45) is 0 Å². The normalized spacial score (nSPS) is 11.1. The Morgan fingerprint density at radius 2 is 1.41 bits per heavy atom. The van der Waals surface area contributed by atoms with Gasteiger partial charge >= 0.3 is 0 Å². The van der Waals surface area contributed by atoms with Crippen LogP contribution in [0.25, 0.3) is 0 Å². The molecule has 0 spiro atoms.